The van der Waals surface area contributed by atoms with E-state index in [9.17, 15) is 0 Å². The molecule has 0 aromatic carbocycles. The predicted molar refractivity (Wildman–Crippen MR) is 111 cm³/mol. The van der Waals surface area contributed by atoms with E-state index in [0.29, 0.717) is 0 Å². The third kappa shape index (κ3) is 19.9. The normalized spacial score (nSPS) is 21.1. The molecule has 0 unspecified atom stereocenters. The van der Waals surface area contributed by atoms with Crippen LogP contribution in [0.1, 0.15) is 116 Å². The second-order valence-corrected chi connectivity index (χ2v) is 7.39. The Kier molecular flexibility index (Phi) is 21.5. The Morgan fingerprint density at radius 3 is 0.560 bits per heavy atom. The van der Waals surface area contributed by atoms with E-state index in [2.05, 4.69) is 36.5 Å². The summed E-state index contributed by atoms with van der Waals surface area (Å²) in [4.78, 5) is 0. The van der Waals surface area contributed by atoms with Crippen LogP contribution in [0.4, 0.5) is 0 Å². The molecule has 0 spiro atoms. The van der Waals surface area contributed by atoms with Crippen LogP contribution in [0.5, 0.6) is 0 Å². The Bertz CT molecular complexity index is 245. The van der Waals surface area contributed by atoms with Gasteiger partial charge in [0.15, 0.2) is 0 Å². The van der Waals surface area contributed by atoms with E-state index in [0.717, 1.165) is 0 Å². The molecule has 0 atom stereocenters. The number of hydrogen-bond acceptors (Lipinski definition) is 0. The fraction of sp³-hybridized carbons (Fsp3) is 0.750. The van der Waals surface area contributed by atoms with Crippen molar-refractivity contribution in [2.75, 3.05) is 0 Å². The average molecular weight is 389 g/mol. The monoisotopic (exact) mass is 388 g/mol. The zero-order chi connectivity index (χ0) is 17.0. The molecule has 0 aliphatic heterocycles. The van der Waals surface area contributed by atoms with Crippen LogP contribution in [0, 0.1) is 0 Å². The molecule has 3 aliphatic carbocycles. The molecule has 0 heterocycles. The Balaban J connectivity index is 0.000000339. The van der Waals surface area contributed by atoms with Crippen molar-refractivity contribution in [1.29, 1.82) is 0 Å². The minimum atomic E-state index is 0. The molecule has 0 saturated heterocycles. The van der Waals surface area contributed by atoms with Crippen LogP contribution in [0.25, 0.3) is 0 Å². The quantitative estimate of drug-likeness (QED) is 0.287. The Labute approximate surface area is 168 Å². The van der Waals surface area contributed by atoms with Gasteiger partial charge in [-0.15, -0.1) is 0 Å². The summed E-state index contributed by atoms with van der Waals surface area (Å²) < 4.78 is 0. The van der Waals surface area contributed by atoms with E-state index in [1.54, 1.807) is 0 Å². The van der Waals surface area contributed by atoms with Crippen LogP contribution in [-0.2, 0) is 16.5 Å². The molecule has 1 heteroatoms. The first-order valence-electron chi connectivity index (χ1n) is 10.9. The first-order chi connectivity index (χ1) is 12.0. The summed E-state index contributed by atoms with van der Waals surface area (Å²) in [7, 11) is 0. The zero-order valence-corrected chi connectivity index (χ0v) is 17.5. The summed E-state index contributed by atoms with van der Waals surface area (Å²) in [5.74, 6) is 0. The van der Waals surface area contributed by atoms with Gasteiger partial charge in [0.25, 0.3) is 0 Å². The molecule has 0 aromatic rings. The minimum Gasteiger partial charge on any atom is -0.0885 e. The molecule has 0 saturated carbocycles. The fourth-order valence-electron chi connectivity index (χ4n) is 3.34. The van der Waals surface area contributed by atoms with Gasteiger partial charge in [0.1, 0.15) is 0 Å². The average Bonchev–Trinajstić information content (AvgIpc) is 2.46. The molecule has 25 heavy (non-hydrogen) atoms. The first kappa shape index (κ1) is 24.7. The van der Waals surface area contributed by atoms with E-state index >= 15 is 0 Å². The van der Waals surface area contributed by atoms with Crippen molar-refractivity contribution in [2.24, 2.45) is 0 Å². The van der Waals surface area contributed by atoms with Gasteiger partial charge >= 0.3 is 0 Å². The second kappa shape index (κ2) is 21.8. The van der Waals surface area contributed by atoms with Crippen molar-refractivity contribution in [3.05, 3.63) is 36.5 Å². The molecule has 0 radical (unpaired) electrons. The maximum Gasteiger partial charge on any atom is 0 e. The molecule has 0 amide bonds. The largest absolute Gasteiger partial charge is 0.0885 e. The number of hydrogen-bond donors (Lipinski definition) is 0. The van der Waals surface area contributed by atoms with Crippen molar-refractivity contribution in [3.63, 3.8) is 0 Å². The van der Waals surface area contributed by atoms with Crippen molar-refractivity contribution < 1.29 is 16.5 Å². The van der Waals surface area contributed by atoms with Crippen molar-refractivity contribution in [3.8, 4) is 0 Å². The molecular weight excluding hydrogens is 347 g/mol. The first-order valence-corrected chi connectivity index (χ1v) is 10.9. The summed E-state index contributed by atoms with van der Waals surface area (Å²) in [6.07, 6.45) is 39.0. The molecule has 0 bridgehead atoms. The van der Waals surface area contributed by atoms with Gasteiger partial charge in [0.05, 0.1) is 0 Å². The molecule has 0 aromatic heterocycles. The zero-order valence-electron chi connectivity index (χ0n) is 16.5. The van der Waals surface area contributed by atoms with Gasteiger partial charge in [-0.05, 0) is 77.0 Å². The summed E-state index contributed by atoms with van der Waals surface area (Å²) in [5.41, 5.74) is 0. The molecular formula is C24H42Ni. The number of allylic oxidation sites excluding steroid dienone is 6. The Morgan fingerprint density at radius 2 is 0.400 bits per heavy atom. The van der Waals surface area contributed by atoms with Gasteiger partial charge < -0.3 is 0 Å². The maximum atomic E-state index is 2.32. The van der Waals surface area contributed by atoms with Crippen LogP contribution in [0.15, 0.2) is 36.5 Å². The van der Waals surface area contributed by atoms with E-state index in [4.69, 9.17) is 0 Å². The third-order valence-electron chi connectivity index (χ3n) is 4.97. The summed E-state index contributed by atoms with van der Waals surface area (Å²) >= 11 is 0. The standard InChI is InChI=1S/3C8H14.Ni/c3*1-2-4-6-8-7-5-3-1;/h3*1-2H,3-8H2;. The van der Waals surface area contributed by atoms with Crippen LogP contribution >= 0.6 is 0 Å². The van der Waals surface area contributed by atoms with E-state index < -0.39 is 0 Å². The predicted octanol–water partition coefficient (Wildman–Crippen LogP) is 8.69. The molecule has 0 nitrogen and oxygen atoms in total. The maximum absolute atomic E-state index is 2.32. The number of rotatable bonds is 0. The fourth-order valence-corrected chi connectivity index (χ4v) is 3.34. The Morgan fingerprint density at radius 1 is 0.240 bits per heavy atom. The van der Waals surface area contributed by atoms with Gasteiger partial charge in [0, 0.05) is 16.5 Å². The van der Waals surface area contributed by atoms with Crippen LogP contribution < -0.4 is 0 Å². The van der Waals surface area contributed by atoms with Crippen LogP contribution in [0.3, 0.4) is 0 Å². The SMILES string of the molecule is C1=CCCCCCC1.C1=CCCCCCC1.C1=CCCCCCC1.[Ni]. The van der Waals surface area contributed by atoms with Crippen LogP contribution in [-0.4, -0.2) is 0 Å². The van der Waals surface area contributed by atoms with E-state index in [1.165, 1.54) is 116 Å². The Hall–Kier alpha value is -0.286. The van der Waals surface area contributed by atoms with Gasteiger partial charge in [0.2, 0.25) is 0 Å². The third-order valence-corrected chi connectivity index (χ3v) is 4.97. The van der Waals surface area contributed by atoms with E-state index in [-0.39, 0.29) is 16.5 Å². The van der Waals surface area contributed by atoms with Crippen molar-refractivity contribution in [2.45, 2.75) is 116 Å². The van der Waals surface area contributed by atoms with E-state index in [1.807, 2.05) is 0 Å². The summed E-state index contributed by atoms with van der Waals surface area (Å²) in [5, 5.41) is 0. The van der Waals surface area contributed by atoms with Gasteiger partial charge in [-0.1, -0.05) is 75.0 Å². The van der Waals surface area contributed by atoms with Crippen molar-refractivity contribution >= 4 is 0 Å². The molecule has 3 rings (SSSR count). The van der Waals surface area contributed by atoms with Gasteiger partial charge in [-0.25, -0.2) is 0 Å². The molecule has 0 fully saturated rings. The molecule has 3 aliphatic rings. The summed E-state index contributed by atoms with van der Waals surface area (Å²) in [6.45, 7) is 0. The molecule has 0 N–H and O–H groups in total. The minimum absolute atomic E-state index is 0. The molecule has 148 valence electrons. The smallest absolute Gasteiger partial charge is 0 e. The van der Waals surface area contributed by atoms with Gasteiger partial charge in [-0.2, -0.15) is 0 Å². The van der Waals surface area contributed by atoms with Crippen molar-refractivity contribution in [1.82, 2.24) is 0 Å². The second-order valence-electron chi connectivity index (χ2n) is 7.39. The topological polar surface area (TPSA) is 0 Å². The van der Waals surface area contributed by atoms with Gasteiger partial charge in [-0.3, -0.25) is 0 Å². The van der Waals surface area contributed by atoms with Crippen LogP contribution in [0.2, 0.25) is 0 Å². The summed E-state index contributed by atoms with van der Waals surface area (Å²) in [6, 6.07) is 0.